The number of halogens is 1. The van der Waals surface area contributed by atoms with E-state index in [0.717, 1.165) is 16.7 Å². The van der Waals surface area contributed by atoms with Crippen LogP contribution in [0.15, 0.2) is 36.4 Å². The Balaban J connectivity index is 2.04. The van der Waals surface area contributed by atoms with Crippen LogP contribution < -0.4 is 4.74 Å². The molecular weight excluding hydrogens is 255 g/mol. The maximum atomic E-state index is 13.1. The highest BCUT2D eigenvalue weighted by Gasteiger charge is 2.11. The molecule has 0 aliphatic heterocycles. The van der Waals surface area contributed by atoms with Gasteiger partial charge in [-0.2, -0.15) is 0 Å². The average Bonchev–Trinajstić information content (AvgIpc) is 2.40. The van der Waals surface area contributed by atoms with Crippen LogP contribution in [0.25, 0.3) is 0 Å². The van der Waals surface area contributed by atoms with Gasteiger partial charge in [0.1, 0.15) is 24.3 Å². The Morgan fingerprint density at radius 2 is 1.80 bits per heavy atom. The second-order valence-electron chi connectivity index (χ2n) is 5.10. The Labute approximate surface area is 118 Å². The summed E-state index contributed by atoms with van der Waals surface area (Å²) in [4.78, 5) is 0. The van der Waals surface area contributed by atoms with Crippen molar-refractivity contribution in [2.24, 2.45) is 0 Å². The number of ether oxygens (including phenoxy) is 1. The quantitative estimate of drug-likeness (QED) is 0.917. The van der Waals surface area contributed by atoms with E-state index in [4.69, 9.17) is 4.74 Å². The predicted octanol–water partition coefficient (Wildman–Crippen LogP) is 3.86. The third-order valence-electron chi connectivity index (χ3n) is 3.32. The van der Waals surface area contributed by atoms with Gasteiger partial charge in [0, 0.05) is 0 Å². The molecule has 0 bridgehead atoms. The molecule has 1 N–H and O–H groups in total. The maximum Gasteiger partial charge on any atom is 0.126 e. The zero-order valence-corrected chi connectivity index (χ0v) is 12.0. The van der Waals surface area contributed by atoms with Crippen molar-refractivity contribution in [3.8, 4) is 5.75 Å². The summed E-state index contributed by atoms with van der Waals surface area (Å²) in [6.07, 6.45) is -0.694. The fourth-order valence-corrected chi connectivity index (χ4v) is 2.17. The van der Waals surface area contributed by atoms with E-state index in [1.165, 1.54) is 6.07 Å². The maximum absolute atomic E-state index is 13.1. The number of benzene rings is 2. The van der Waals surface area contributed by atoms with Gasteiger partial charge in [0.15, 0.2) is 0 Å². The van der Waals surface area contributed by atoms with Gasteiger partial charge in [0.25, 0.3) is 0 Å². The molecule has 3 heteroatoms. The van der Waals surface area contributed by atoms with Gasteiger partial charge >= 0.3 is 0 Å². The molecule has 106 valence electrons. The van der Waals surface area contributed by atoms with Crippen molar-refractivity contribution >= 4 is 0 Å². The van der Waals surface area contributed by atoms with Gasteiger partial charge < -0.3 is 9.84 Å². The summed E-state index contributed by atoms with van der Waals surface area (Å²) in [6, 6.07) is 10.5. The molecule has 2 aromatic carbocycles. The first-order valence-corrected chi connectivity index (χ1v) is 6.61. The largest absolute Gasteiger partial charge is 0.491 e. The van der Waals surface area contributed by atoms with Gasteiger partial charge in [-0.05, 0) is 55.7 Å². The zero-order chi connectivity index (χ0) is 14.7. The molecule has 0 radical (unpaired) electrons. The Kier molecular flexibility index (Phi) is 4.40. The zero-order valence-electron chi connectivity index (χ0n) is 12.0. The van der Waals surface area contributed by atoms with Crippen LogP contribution in [0.3, 0.4) is 0 Å². The molecule has 0 aliphatic rings. The van der Waals surface area contributed by atoms with E-state index in [2.05, 4.69) is 0 Å². The van der Waals surface area contributed by atoms with E-state index in [1.807, 2.05) is 32.0 Å². The minimum absolute atomic E-state index is 0.148. The Morgan fingerprint density at radius 3 is 2.45 bits per heavy atom. The minimum atomic E-state index is -0.694. The van der Waals surface area contributed by atoms with Crippen LogP contribution >= 0.6 is 0 Å². The fourth-order valence-electron chi connectivity index (χ4n) is 2.17. The first kappa shape index (κ1) is 14.5. The molecule has 0 saturated carbocycles. The Morgan fingerprint density at radius 1 is 1.05 bits per heavy atom. The number of aliphatic hydroxyl groups excluding tert-OH is 1. The first-order chi connectivity index (χ1) is 9.47. The van der Waals surface area contributed by atoms with Gasteiger partial charge in [-0.15, -0.1) is 0 Å². The lowest BCUT2D eigenvalue weighted by atomic mass is 10.0. The van der Waals surface area contributed by atoms with E-state index in [9.17, 15) is 9.50 Å². The summed E-state index contributed by atoms with van der Waals surface area (Å²) in [5.74, 6) is 0.306. The standard InChI is InChI=1S/C17H19FO2/c1-11-4-6-15(12(2)8-11)17(19)10-20-14-5-7-16(18)13(3)9-14/h4-9,17,19H,10H2,1-3H3. The van der Waals surface area contributed by atoms with E-state index in [-0.39, 0.29) is 12.4 Å². The van der Waals surface area contributed by atoms with Crippen LogP contribution in [-0.2, 0) is 0 Å². The van der Waals surface area contributed by atoms with Crippen molar-refractivity contribution in [3.05, 3.63) is 64.5 Å². The molecule has 0 saturated heterocycles. The molecule has 1 atom stereocenters. The number of rotatable bonds is 4. The summed E-state index contributed by atoms with van der Waals surface area (Å²) >= 11 is 0. The molecule has 2 aromatic rings. The van der Waals surface area contributed by atoms with Gasteiger partial charge in [0.2, 0.25) is 0 Å². The lowest BCUT2D eigenvalue weighted by molar-refractivity contribution is 0.107. The van der Waals surface area contributed by atoms with Crippen LogP contribution in [0.2, 0.25) is 0 Å². The Bertz CT molecular complexity index is 608. The van der Waals surface area contributed by atoms with Crippen molar-refractivity contribution in [2.75, 3.05) is 6.61 Å². The second-order valence-corrected chi connectivity index (χ2v) is 5.10. The number of aryl methyl sites for hydroxylation is 3. The molecule has 20 heavy (non-hydrogen) atoms. The summed E-state index contributed by atoms with van der Waals surface area (Å²) in [6.45, 7) is 5.81. The van der Waals surface area contributed by atoms with Crippen molar-refractivity contribution in [3.63, 3.8) is 0 Å². The summed E-state index contributed by atoms with van der Waals surface area (Å²) in [5, 5.41) is 10.2. The summed E-state index contributed by atoms with van der Waals surface area (Å²) in [5.41, 5.74) is 3.59. The molecule has 0 spiro atoms. The van der Waals surface area contributed by atoms with E-state index in [0.29, 0.717) is 11.3 Å². The fraction of sp³-hybridized carbons (Fsp3) is 0.294. The first-order valence-electron chi connectivity index (χ1n) is 6.61. The van der Waals surface area contributed by atoms with Crippen molar-refractivity contribution < 1.29 is 14.2 Å². The van der Waals surface area contributed by atoms with Crippen molar-refractivity contribution in [1.29, 1.82) is 0 Å². The monoisotopic (exact) mass is 274 g/mol. The topological polar surface area (TPSA) is 29.5 Å². The summed E-state index contributed by atoms with van der Waals surface area (Å²) in [7, 11) is 0. The highest BCUT2D eigenvalue weighted by Crippen LogP contribution is 2.21. The molecule has 0 fully saturated rings. The SMILES string of the molecule is Cc1ccc(C(O)COc2ccc(F)c(C)c2)c(C)c1. The molecule has 0 aromatic heterocycles. The van der Waals surface area contributed by atoms with E-state index >= 15 is 0 Å². The smallest absolute Gasteiger partial charge is 0.126 e. The highest BCUT2D eigenvalue weighted by molar-refractivity contribution is 5.32. The van der Waals surface area contributed by atoms with Crippen LogP contribution in [0, 0.1) is 26.6 Å². The molecular formula is C17H19FO2. The number of hydrogen-bond acceptors (Lipinski definition) is 2. The highest BCUT2D eigenvalue weighted by atomic mass is 19.1. The normalized spacial score (nSPS) is 12.2. The molecule has 0 amide bonds. The number of hydrogen-bond donors (Lipinski definition) is 1. The van der Waals surface area contributed by atoms with E-state index < -0.39 is 6.10 Å². The molecule has 0 aliphatic carbocycles. The number of aliphatic hydroxyl groups is 1. The molecule has 0 heterocycles. The van der Waals surface area contributed by atoms with Gasteiger partial charge in [-0.25, -0.2) is 4.39 Å². The van der Waals surface area contributed by atoms with Crippen molar-refractivity contribution in [1.82, 2.24) is 0 Å². The van der Waals surface area contributed by atoms with Crippen LogP contribution in [0.1, 0.15) is 28.4 Å². The average molecular weight is 274 g/mol. The van der Waals surface area contributed by atoms with E-state index in [1.54, 1.807) is 19.1 Å². The van der Waals surface area contributed by atoms with Crippen molar-refractivity contribution in [2.45, 2.75) is 26.9 Å². The molecule has 2 nitrogen and oxygen atoms in total. The summed E-state index contributed by atoms with van der Waals surface area (Å²) < 4.78 is 18.7. The van der Waals surface area contributed by atoms with Crippen LogP contribution in [0.4, 0.5) is 4.39 Å². The third kappa shape index (κ3) is 3.36. The predicted molar refractivity (Wildman–Crippen MR) is 77.5 cm³/mol. The molecule has 2 rings (SSSR count). The van der Waals surface area contributed by atoms with Crippen LogP contribution in [-0.4, -0.2) is 11.7 Å². The minimum Gasteiger partial charge on any atom is -0.491 e. The second kappa shape index (κ2) is 6.06. The lowest BCUT2D eigenvalue weighted by Crippen LogP contribution is -2.11. The Hall–Kier alpha value is -1.87. The lowest BCUT2D eigenvalue weighted by Gasteiger charge is -2.15. The van der Waals surface area contributed by atoms with Gasteiger partial charge in [0.05, 0.1) is 0 Å². The van der Waals surface area contributed by atoms with Crippen LogP contribution in [0.5, 0.6) is 5.75 Å². The van der Waals surface area contributed by atoms with Gasteiger partial charge in [-0.3, -0.25) is 0 Å². The van der Waals surface area contributed by atoms with Gasteiger partial charge in [-0.1, -0.05) is 23.8 Å². The third-order valence-corrected chi connectivity index (χ3v) is 3.32. The molecule has 1 unspecified atom stereocenters.